The van der Waals surface area contributed by atoms with Crippen LogP contribution in [0.2, 0.25) is 0 Å². The van der Waals surface area contributed by atoms with E-state index in [0.717, 1.165) is 46.8 Å². The molecule has 23 heavy (non-hydrogen) atoms. The molecule has 0 N–H and O–H groups in total. The fourth-order valence-electron chi connectivity index (χ4n) is 3.24. The first-order valence-electron chi connectivity index (χ1n) is 7.78. The van der Waals surface area contributed by atoms with Crippen molar-refractivity contribution in [2.24, 2.45) is 7.05 Å². The summed E-state index contributed by atoms with van der Waals surface area (Å²) in [5.74, 6) is 1.11. The van der Waals surface area contributed by atoms with Gasteiger partial charge in [-0.3, -0.25) is 9.48 Å². The monoisotopic (exact) mass is 309 g/mol. The van der Waals surface area contributed by atoms with E-state index in [0.29, 0.717) is 6.54 Å². The number of imidazole rings is 1. The number of aryl methyl sites for hydroxylation is 2. The molecule has 6 nitrogen and oxygen atoms in total. The van der Waals surface area contributed by atoms with Gasteiger partial charge in [-0.25, -0.2) is 4.98 Å². The molecule has 0 bridgehead atoms. The zero-order valence-electron chi connectivity index (χ0n) is 13.6. The van der Waals surface area contributed by atoms with Crippen molar-refractivity contribution in [1.29, 1.82) is 0 Å². The van der Waals surface area contributed by atoms with Gasteiger partial charge < -0.3 is 9.47 Å². The van der Waals surface area contributed by atoms with Crippen LogP contribution in [0.15, 0.2) is 24.4 Å². The average molecular weight is 309 g/mol. The first kappa shape index (κ1) is 14.0. The summed E-state index contributed by atoms with van der Waals surface area (Å²) in [4.78, 5) is 18.2. The highest BCUT2D eigenvalue weighted by Crippen LogP contribution is 2.29. The predicted molar refractivity (Wildman–Crippen MR) is 87.8 cm³/mol. The van der Waals surface area contributed by atoms with Gasteiger partial charge in [-0.2, -0.15) is 5.10 Å². The third-order valence-corrected chi connectivity index (χ3v) is 4.73. The molecule has 0 unspecified atom stereocenters. The Morgan fingerprint density at radius 3 is 2.87 bits per heavy atom. The van der Waals surface area contributed by atoms with E-state index in [1.165, 1.54) is 0 Å². The second kappa shape index (κ2) is 4.94. The maximum absolute atomic E-state index is 11.7. The zero-order chi connectivity index (χ0) is 16.1. The molecule has 3 aromatic rings. The number of benzene rings is 1. The van der Waals surface area contributed by atoms with Gasteiger partial charge in [0.15, 0.2) is 0 Å². The molecule has 0 saturated carbocycles. The second-order valence-electron chi connectivity index (χ2n) is 6.09. The Hall–Kier alpha value is -2.63. The standard InChI is InChI=1S/C17H19N5O/c1-11-19-15-8-13(4-5-16(15)20(11)3)14-9-18-22-7-6-21(12(2)23)10-17(14)22/h4-5,8-9H,6-7,10H2,1-3H3. The summed E-state index contributed by atoms with van der Waals surface area (Å²) >= 11 is 0. The van der Waals surface area contributed by atoms with Crippen LogP contribution in [0.1, 0.15) is 18.4 Å². The minimum atomic E-state index is 0.110. The van der Waals surface area contributed by atoms with E-state index in [2.05, 4.69) is 32.8 Å². The number of carbonyl (C=O) groups excluding carboxylic acids is 1. The summed E-state index contributed by atoms with van der Waals surface area (Å²) in [6.45, 7) is 5.71. The highest BCUT2D eigenvalue weighted by molar-refractivity contribution is 5.83. The number of fused-ring (bicyclic) bond motifs is 2. The van der Waals surface area contributed by atoms with E-state index >= 15 is 0 Å². The first-order chi connectivity index (χ1) is 11.0. The SMILES string of the molecule is CC(=O)N1CCn2ncc(-c3ccc4c(c3)nc(C)n4C)c2C1. The van der Waals surface area contributed by atoms with E-state index in [1.54, 1.807) is 6.92 Å². The molecule has 1 aliphatic rings. The van der Waals surface area contributed by atoms with Crippen LogP contribution >= 0.6 is 0 Å². The van der Waals surface area contributed by atoms with Crippen molar-refractivity contribution in [1.82, 2.24) is 24.2 Å². The number of hydrogen-bond donors (Lipinski definition) is 0. The summed E-state index contributed by atoms with van der Waals surface area (Å²) in [6.07, 6.45) is 1.90. The topological polar surface area (TPSA) is 56.0 Å². The summed E-state index contributed by atoms with van der Waals surface area (Å²) in [5.41, 5.74) is 5.39. The minimum Gasteiger partial charge on any atom is -0.335 e. The van der Waals surface area contributed by atoms with Crippen molar-refractivity contribution < 1.29 is 4.79 Å². The number of rotatable bonds is 1. The lowest BCUT2D eigenvalue weighted by molar-refractivity contribution is -0.130. The number of aromatic nitrogens is 4. The lowest BCUT2D eigenvalue weighted by atomic mass is 10.0. The fraction of sp³-hybridized carbons (Fsp3) is 0.353. The van der Waals surface area contributed by atoms with Crippen molar-refractivity contribution >= 4 is 16.9 Å². The van der Waals surface area contributed by atoms with Crippen molar-refractivity contribution in [3.63, 3.8) is 0 Å². The molecule has 118 valence electrons. The van der Waals surface area contributed by atoms with E-state index in [-0.39, 0.29) is 5.91 Å². The van der Waals surface area contributed by atoms with Gasteiger partial charge in [0.2, 0.25) is 5.91 Å². The molecule has 4 rings (SSSR count). The van der Waals surface area contributed by atoms with Gasteiger partial charge in [0.1, 0.15) is 5.82 Å². The zero-order valence-corrected chi connectivity index (χ0v) is 13.6. The largest absolute Gasteiger partial charge is 0.335 e. The van der Waals surface area contributed by atoms with Gasteiger partial charge >= 0.3 is 0 Å². The van der Waals surface area contributed by atoms with Crippen molar-refractivity contribution in [2.75, 3.05) is 6.54 Å². The normalized spacial score (nSPS) is 14.3. The molecule has 2 aromatic heterocycles. The Labute approximate surface area is 134 Å². The van der Waals surface area contributed by atoms with Crippen LogP contribution in [0.4, 0.5) is 0 Å². The van der Waals surface area contributed by atoms with Crippen LogP contribution in [0.5, 0.6) is 0 Å². The molecule has 6 heteroatoms. The minimum absolute atomic E-state index is 0.110. The molecule has 0 fully saturated rings. The van der Waals surface area contributed by atoms with Gasteiger partial charge in [-0.1, -0.05) is 6.07 Å². The van der Waals surface area contributed by atoms with Gasteiger partial charge in [0.05, 0.1) is 36.0 Å². The van der Waals surface area contributed by atoms with Crippen molar-refractivity contribution in [3.8, 4) is 11.1 Å². The molecular weight excluding hydrogens is 290 g/mol. The number of hydrogen-bond acceptors (Lipinski definition) is 3. The van der Waals surface area contributed by atoms with Crippen LogP contribution in [0.3, 0.4) is 0 Å². The lowest BCUT2D eigenvalue weighted by Crippen LogP contribution is -2.37. The number of carbonyl (C=O) groups is 1. The number of nitrogens with zero attached hydrogens (tertiary/aromatic N) is 5. The van der Waals surface area contributed by atoms with Gasteiger partial charge in [-0.05, 0) is 24.6 Å². The highest BCUT2D eigenvalue weighted by Gasteiger charge is 2.22. The van der Waals surface area contributed by atoms with Crippen molar-refractivity contribution in [2.45, 2.75) is 26.9 Å². The molecular formula is C17H19N5O. The quantitative estimate of drug-likeness (QED) is 0.692. The van der Waals surface area contributed by atoms with E-state index < -0.39 is 0 Å². The molecule has 0 aliphatic carbocycles. The second-order valence-corrected chi connectivity index (χ2v) is 6.09. The maximum Gasteiger partial charge on any atom is 0.219 e. The van der Waals surface area contributed by atoms with Gasteiger partial charge in [-0.15, -0.1) is 0 Å². The molecule has 3 heterocycles. The Kier molecular flexibility index (Phi) is 3.01. The summed E-state index contributed by atoms with van der Waals surface area (Å²) in [5, 5.41) is 4.48. The lowest BCUT2D eigenvalue weighted by Gasteiger charge is -2.27. The van der Waals surface area contributed by atoms with Crippen LogP contribution in [0.25, 0.3) is 22.2 Å². The van der Waals surface area contributed by atoms with Crippen LogP contribution in [-0.4, -0.2) is 36.7 Å². The smallest absolute Gasteiger partial charge is 0.219 e. The third-order valence-electron chi connectivity index (χ3n) is 4.73. The van der Waals surface area contributed by atoms with Gasteiger partial charge in [0.25, 0.3) is 0 Å². The molecule has 0 atom stereocenters. The van der Waals surface area contributed by atoms with Crippen LogP contribution < -0.4 is 0 Å². The van der Waals surface area contributed by atoms with Gasteiger partial charge in [0, 0.05) is 26.1 Å². The molecule has 0 spiro atoms. The average Bonchev–Trinajstić information content (AvgIpc) is 3.08. The van der Waals surface area contributed by atoms with Crippen LogP contribution in [0, 0.1) is 6.92 Å². The summed E-state index contributed by atoms with van der Waals surface area (Å²) in [7, 11) is 2.02. The third kappa shape index (κ3) is 2.13. The highest BCUT2D eigenvalue weighted by atomic mass is 16.2. The van der Waals surface area contributed by atoms with E-state index in [1.807, 2.05) is 29.7 Å². The van der Waals surface area contributed by atoms with Crippen LogP contribution in [-0.2, 0) is 24.9 Å². The number of amides is 1. The Bertz CT molecular complexity index is 921. The molecule has 1 aromatic carbocycles. The van der Waals surface area contributed by atoms with E-state index in [4.69, 9.17) is 0 Å². The van der Waals surface area contributed by atoms with E-state index in [9.17, 15) is 4.79 Å². The Balaban J connectivity index is 1.80. The first-order valence-corrected chi connectivity index (χ1v) is 7.78. The molecule has 1 aliphatic heterocycles. The fourth-order valence-corrected chi connectivity index (χ4v) is 3.24. The molecule has 0 saturated heterocycles. The maximum atomic E-state index is 11.7. The molecule has 0 radical (unpaired) electrons. The summed E-state index contributed by atoms with van der Waals surface area (Å²) < 4.78 is 4.09. The summed E-state index contributed by atoms with van der Waals surface area (Å²) in [6, 6.07) is 6.31. The predicted octanol–water partition coefficient (Wildman–Crippen LogP) is 2.11. The molecule has 1 amide bonds. The Morgan fingerprint density at radius 1 is 1.26 bits per heavy atom. The van der Waals surface area contributed by atoms with Crippen molar-refractivity contribution in [3.05, 3.63) is 35.9 Å². The Morgan fingerprint density at radius 2 is 2.09 bits per heavy atom.